The fraction of sp³-hybridized carbons (Fsp3) is 0.533. The maximum atomic E-state index is 13.5. The van der Waals surface area contributed by atoms with Gasteiger partial charge in [-0.25, -0.2) is 4.39 Å². The molecule has 0 aromatic heterocycles. The average Bonchev–Trinajstić information content (AvgIpc) is 2.39. The number of hydrogen-bond acceptors (Lipinski definition) is 2. The van der Waals surface area contributed by atoms with Crippen molar-refractivity contribution in [3.05, 3.63) is 35.6 Å². The summed E-state index contributed by atoms with van der Waals surface area (Å²) in [5.74, 6) is -0.304. The van der Waals surface area contributed by atoms with Crippen LogP contribution in [0, 0.1) is 5.82 Å². The molecule has 1 atom stereocenters. The van der Waals surface area contributed by atoms with Crippen LogP contribution in [0.5, 0.6) is 0 Å². The summed E-state index contributed by atoms with van der Waals surface area (Å²) in [5.41, 5.74) is 5.93. The third-order valence-corrected chi connectivity index (χ3v) is 3.11. The van der Waals surface area contributed by atoms with Gasteiger partial charge in [0.2, 0.25) is 5.91 Å². The summed E-state index contributed by atoms with van der Waals surface area (Å²) in [6.45, 7) is 2.50. The maximum Gasteiger partial charge on any atom is 0.220 e. The normalized spacial score (nSPS) is 12.2. The summed E-state index contributed by atoms with van der Waals surface area (Å²) in [7, 11) is 0. The second-order valence-corrected chi connectivity index (χ2v) is 4.76. The monoisotopic (exact) mass is 266 g/mol. The van der Waals surface area contributed by atoms with Crippen molar-refractivity contribution in [3.8, 4) is 0 Å². The van der Waals surface area contributed by atoms with Crippen molar-refractivity contribution in [2.45, 2.75) is 45.1 Å². The summed E-state index contributed by atoms with van der Waals surface area (Å²) in [4.78, 5) is 11.7. The number of benzene rings is 1. The lowest BCUT2D eigenvalue weighted by atomic mass is 10.1. The van der Waals surface area contributed by atoms with Crippen LogP contribution in [0.3, 0.4) is 0 Å². The van der Waals surface area contributed by atoms with Crippen LogP contribution in [0.1, 0.15) is 50.6 Å². The molecule has 0 bridgehead atoms. The van der Waals surface area contributed by atoms with Crippen LogP contribution < -0.4 is 11.1 Å². The lowest BCUT2D eigenvalue weighted by molar-refractivity contribution is -0.121. The van der Waals surface area contributed by atoms with Crippen molar-refractivity contribution < 1.29 is 9.18 Å². The Kier molecular flexibility index (Phi) is 7.11. The molecule has 4 heteroatoms. The quantitative estimate of drug-likeness (QED) is 0.711. The van der Waals surface area contributed by atoms with E-state index in [1.54, 1.807) is 25.1 Å². The molecule has 1 unspecified atom stereocenters. The first-order valence-electron chi connectivity index (χ1n) is 6.89. The second-order valence-electron chi connectivity index (χ2n) is 4.76. The molecule has 0 radical (unpaired) electrons. The molecule has 0 aliphatic heterocycles. The minimum absolute atomic E-state index is 0.0245. The van der Waals surface area contributed by atoms with Crippen LogP contribution in [0.15, 0.2) is 24.3 Å². The molecule has 0 spiro atoms. The summed E-state index contributed by atoms with van der Waals surface area (Å²) in [6.07, 6.45) is 4.43. The highest BCUT2D eigenvalue weighted by molar-refractivity contribution is 5.76. The van der Waals surface area contributed by atoms with Gasteiger partial charge in [0, 0.05) is 12.0 Å². The van der Waals surface area contributed by atoms with Crippen LogP contribution in [0.4, 0.5) is 4.39 Å². The van der Waals surface area contributed by atoms with E-state index in [4.69, 9.17) is 5.73 Å². The zero-order valence-electron chi connectivity index (χ0n) is 11.5. The Morgan fingerprint density at radius 3 is 2.63 bits per heavy atom. The first-order chi connectivity index (χ1) is 9.15. The van der Waals surface area contributed by atoms with Crippen molar-refractivity contribution >= 4 is 5.91 Å². The van der Waals surface area contributed by atoms with Gasteiger partial charge in [-0.05, 0) is 32.4 Å². The molecule has 1 amide bonds. The number of carbonyl (C=O) groups excluding carboxylic acids is 1. The molecule has 1 rings (SSSR count). The number of hydrogen-bond donors (Lipinski definition) is 2. The molecule has 0 aliphatic rings. The van der Waals surface area contributed by atoms with E-state index in [9.17, 15) is 9.18 Å². The van der Waals surface area contributed by atoms with Crippen molar-refractivity contribution in [3.63, 3.8) is 0 Å². The number of amides is 1. The molecule has 0 heterocycles. The van der Waals surface area contributed by atoms with Gasteiger partial charge in [0.25, 0.3) is 0 Å². The van der Waals surface area contributed by atoms with E-state index in [0.717, 1.165) is 25.7 Å². The molecule has 0 saturated carbocycles. The van der Waals surface area contributed by atoms with Crippen molar-refractivity contribution in [2.24, 2.45) is 5.73 Å². The highest BCUT2D eigenvalue weighted by Gasteiger charge is 2.12. The van der Waals surface area contributed by atoms with Crippen molar-refractivity contribution in [1.29, 1.82) is 0 Å². The molecule has 1 aromatic rings. The number of nitrogens with two attached hydrogens (primary N) is 1. The Balaban J connectivity index is 2.30. The van der Waals surface area contributed by atoms with E-state index in [1.165, 1.54) is 6.07 Å². The van der Waals surface area contributed by atoms with Crippen molar-refractivity contribution in [1.82, 2.24) is 5.32 Å². The van der Waals surface area contributed by atoms with Gasteiger partial charge in [-0.15, -0.1) is 0 Å². The molecule has 106 valence electrons. The third-order valence-electron chi connectivity index (χ3n) is 3.11. The molecule has 3 N–H and O–H groups in total. The highest BCUT2D eigenvalue weighted by atomic mass is 19.1. The molecular formula is C15H23FN2O. The van der Waals surface area contributed by atoms with Gasteiger partial charge in [0.05, 0.1) is 6.04 Å². The number of carbonyl (C=O) groups is 1. The van der Waals surface area contributed by atoms with E-state index < -0.39 is 0 Å². The Hall–Kier alpha value is -1.42. The Labute approximate surface area is 114 Å². The van der Waals surface area contributed by atoms with Gasteiger partial charge in [0.1, 0.15) is 5.82 Å². The zero-order valence-corrected chi connectivity index (χ0v) is 11.5. The zero-order chi connectivity index (χ0) is 14.1. The molecular weight excluding hydrogens is 243 g/mol. The highest BCUT2D eigenvalue weighted by Crippen LogP contribution is 2.16. The molecule has 0 fully saturated rings. The van der Waals surface area contributed by atoms with Crippen LogP contribution >= 0.6 is 0 Å². The largest absolute Gasteiger partial charge is 0.349 e. The number of nitrogens with one attached hydrogen (secondary N) is 1. The molecule has 19 heavy (non-hydrogen) atoms. The predicted molar refractivity (Wildman–Crippen MR) is 75.1 cm³/mol. The topological polar surface area (TPSA) is 55.1 Å². The Bertz CT molecular complexity index is 395. The van der Waals surface area contributed by atoms with Gasteiger partial charge in [0.15, 0.2) is 0 Å². The second kappa shape index (κ2) is 8.64. The lowest BCUT2D eigenvalue weighted by Crippen LogP contribution is -2.26. The third kappa shape index (κ3) is 5.83. The summed E-state index contributed by atoms with van der Waals surface area (Å²) in [5, 5.41) is 2.82. The number of halogens is 1. The molecule has 0 saturated heterocycles. The van der Waals surface area contributed by atoms with Crippen LogP contribution in [-0.2, 0) is 4.79 Å². The summed E-state index contributed by atoms with van der Waals surface area (Å²) < 4.78 is 13.5. The Morgan fingerprint density at radius 2 is 1.95 bits per heavy atom. The smallest absolute Gasteiger partial charge is 0.220 e. The van der Waals surface area contributed by atoms with E-state index in [2.05, 4.69) is 5.32 Å². The number of rotatable bonds is 8. The van der Waals surface area contributed by atoms with Crippen molar-refractivity contribution in [2.75, 3.05) is 6.54 Å². The standard InChI is InChI=1S/C15H23FN2O/c1-12(13-8-5-6-9-14(13)16)18-15(19)10-4-2-3-7-11-17/h5-6,8-9,12H,2-4,7,10-11,17H2,1H3,(H,18,19). The Morgan fingerprint density at radius 1 is 1.26 bits per heavy atom. The van der Waals surface area contributed by atoms with Gasteiger partial charge in [-0.2, -0.15) is 0 Å². The minimum atomic E-state index is -0.294. The molecule has 1 aromatic carbocycles. The maximum absolute atomic E-state index is 13.5. The summed E-state index contributed by atoms with van der Waals surface area (Å²) >= 11 is 0. The van der Waals surface area contributed by atoms with E-state index in [0.29, 0.717) is 18.5 Å². The van der Waals surface area contributed by atoms with Gasteiger partial charge >= 0.3 is 0 Å². The number of unbranched alkanes of at least 4 members (excludes halogenated alkanes) is 3. The first-order valence-corrected chi connectivity index (χ1v) is 6.89. The SMILES string of the molecule is CC(NC(=O)CCCCCCN)c1ccccc1F. The fourth-order valence-electron chi connectivity index (χ4n) is 2.00. The van der Waals surface area contributed by atoms with E-state index >= 15 is 0 Å². The average molecular weight is 266 g/mol. The van der Waals surface area contributed by atoms with Gasteiger partial charge in [-0.1, -0.05) is 31.0 Å². The van der Waals surface area contributed by atoms with E-state index in [1.807, 2.05) is 0 Å². The van der Waals surface area contributed by atoms with Crippen LogP contribution in [0.2, 0.25) is 0 Å². The fourth-order valence-corrected chi connectivity index (χ4v) is 2.00. The predicted octanol–water partition coefficient (Wildman–Crippen LogP) is 2.91. The summed E-state index contributed by atoms with van der Waals surface area (Å²) in [6, 6.07) is 6.23. The molecule has 0 aliphatic carbocycles. The van der Waals surface area contributed by atoms with Crippen LogP contribution in [-0.4, -0.2) is 12.5 Å². The van der Waals surface area contributed by atoms with Gasteiger partial charge in [-0.3, -0.25) is 4.79 Å². The minimum Gasteiger partial charge on any atom is -0.349 e. The molecule has 3 nitrogen and oxygen atoms in total. The first kappa shape index (κ1) is 15.6. The van der Waals surface area contributed by atoms with Gasteiger partial charge < -0.3 is 11.1 Å². The lowest BCUT2D eigenvalue weighted by Gasteiger charge is -2.15. The van der Waals surface area contributed by atoms with E-state index in [-0.39, 0.29) is 17.8 Å². The van der Waals surface area contributed by atoms with Crippen LogP contribution in [0.25, 0.3) is 0 Å².